The number of aryl methyl sites for hydroxylation is 1. The average molecular weight is 312 g/mol. The second-order valence-corrected chi connectivity index (χ2v) is 6.98. The maximum Gasteiger partial charge on any atom is 0.357 e. The van der Waals surface area contributed by atoms with Crippen molar-refractivity contribution in [3.05, 3.63) is 10.6 Å². The van der Waals surface area contributed by atoms with Gasteiger partial charge in [-0.05, 0) is 25.7 Å². The van der Waals surface area contributed by atoms with Crippen LogP contribution in [0.15, 0.2) is 0 Å². The molecule has 0 aliphatic carbocycles. The number of ether oxygens (including phenoxy) is 2. The third kappa shape index (κ3) is 3.95. The summed E-state index contributed by atoms with van der Waals surface area (Å²) in [6.45, 7) is 7.98. The monoisotopic (exact) mass is 312 g/mol. The fourth-order valence-electron chi connectivity index (χ4n) is 2.80. The molecule has 0 bridgehead atoms. The van der Waals surface area contributed by atoms with Gasteiger partial charge in [-0.25, -0.2) is 9.78 Å². The fraction of sp³-hybridized carbons (Fsp3) is 0.733. The summed E-state index contributed by atoms with van der Waals surface area (Å²) in [6.07, 6.45) is 2.58. The number of esters is 1. The Morgan fingerprint density at radius 2 is 2.33 bits per heavy atom. The SMILES string of the molecule is COC(=O)c1nc(NC[C@@H]2CCCO[C@H]2C(C)C)sc1C. The molecule has 0 aromatic carbocycles. The van der Waals surface area contributed by atoms with Gasteiger partial charge in [-0.3, -0.25) is 0 Å². The second kappa shape index (κ2) is 7.22. The van der Waals surface area contributed by atoms with Crippen molar-refractivity contribution in [2.75, 3.05) is 25.6 Å². The number of carbonyl (C=O) groups excluding carboxylic acids is 1. The van der Waals surface area contributed by atoms with Gasteiger partial charge in [0.2, 0.25) is 0 Å². The van der Waals surface area contributed by atoms with Gasteiger partial charge in [-0.2, -0.15) is 0 Å². The number of hydrogen-bond donors (Lipinski definition) is 1. The van der Waals surface area contributed by atoms with Crippen LogP contribution in [0.3, 0.4) is 0 Å². The standard InChI is InChI=1S/C15H24N2O3S/c1-9(2)13-11(6-5-7-20-13)8-16-15-17-12(10(3)21-15)14(18)19-4/h9,11,13H,5-8H2,1-4H3,(H,16,17)/t11-,13-/m0/s1. The van der Waals surface area contributed by atoms with E-state index in [4.69, 9.17) is 9.47 Å². The quantitative estimate of drug-likeness (QED) is 0.847. The van der Waals surface area contributed by atoms with Gasteiger partial charge in [0.1, 0.15) is 0 Å². The number of aromatic nitrogens is 1. The van der Waals surface area contributed by atoms with E-state index in [0.717, 1.165) is 29.6 Å². The van der Waals surface area contributed by atoms with Crippen LogP contribution in [0.1, 0.15) is 42.1 Å². The first-order chi connectivity index (χ1) is 10.0. The lowest BCUT2D eigenvalue weighted by Crippen LogP contribution is -2.37. The Hall–Kier alpha value is -1.14. The van der Waals surface area contributed by atoms with Crippen molar-refractivity contribution in [2.24, 2.45) is 11.8 Å². The molecule has 6 heteroatoms. The highest BCUT2D eigenvalue weighted by atomic mass is 32.1. The van der Waals surface area contributed by atoms with E-state index in [-0.39, 0.29) is 5.97 Å². The summed E-state index contributed by atoms with van der Waals surface area (Å²) in [5.74, 6) is 0.628. The first-order valence-corrected chi connectivity index (χ1v) is 8.25. The third-order valence-electron chi connectivity index (χ3n) is 3.84. The fourth-order valence-corrected chi connectivity index (χ4v) is 3.60. The number of methoxy groups -OCH3 is 1. The van der Waals surface area contributed by atoms with E-state index >= 15 is 0 Å². The molecule has 0 radical (unpaired) electrons. The molecule has 0 unspecified atom stereocenters. The zero-order chi connectivity index (χ0) is 15.4. The van der Waals surface area contributed by atoms with Crippen molar-refractivity contribution >= 4 is 22.4 Å². The Labute approximate surface area is 130 Å². The van der Waals surface area contributed by atoms with Gasteiger partial charge in [0.05, 0.1) is 13.2 Å². The maximum atomic E-state index is 11.6. The summed E-state index contributed by atoms with van der Waals surface area (Å²) in [5, 5.41) is 4.14. The molecule has 1 N–H and O–H groups in total. The summed E-state index contributed by atoms with van der Waals surface area (Å²) in [7, 11) is 1.38. The summed E-state index contributed by atoms with van der Waals surface area (Å²) >= 11 is 1.49. The van der Waals surface area contributed by atoms with E-state index in [0.29, 0.717) is 23.6 Å². The molecule has 21 heavy (non-hydrogen) atoms. The van der Waals surface area contributed by atoms with E-state index in [1.165, 1.54) is 24.9 Å². The Morgan fingerprint density at radius 1 is 1.57 bits per heavy atom. The highest BCUT2D eigenvalue weighted by Gasteiger charge is 2.28. The van der Waals surface area contributed by atoms with Crippen LogP contribution in [0.25, 0.3) is 0 Å². The molecule has 1 aliphatic rings. The average Bonchev–Trinajstić information content (AvgIpc) is 2.85. The Balaban J connectivity index is 1.97. The minimum atomic E-state index is -0.377. The van der Waals surface area contributed by atoms with Crippen LogP contribution in [0.4, 0.5) is 5.13 Å². The Bertz CT molecular complexity index is 487. The molecule has 2 rings (SSSR count). The van der Waals surface area contributed by atoms with Crippen molar-refractivity contribution in [3.8, 4) is 0 Å². The van der Waals surface area contributed by atoms with Crippen molar-refractivity contribution in [2.45, 2.75) is 39.7 Å². The second-order valence-electron chi connectivity index (χ2n) is 5.78. The third-order valence-corrected chi connectivity index (χ3v) is 4.77. The first kappa shape index (κ1) is 16.2. The molecule has 1 saturated heterocycles. The molecule has 1 aromatic rings. The molecule has 0 spiro atoms. The van der Waals surface area contributed by atoms with Gasteiger partial charge in [0, 0.05) is 23.9 Å². The molecule has 1 aliphatic heterocycles. The van der Waals surface area contributed by atoms with Crippen LogP contribution in [-0.2, 0) is 9.47 Å². The van der Waals surface area contributed by atoms with Crippen LogP contribution in [-0.4, -0.2) is 37.3 Å². The number of carbonyl (C=O) groups is 1. The molecule has 2 atom stereocenters. The molecule has 1 aromatic heterocycles. The molecule has 1 fully saturated rings. The number of rotatable bonds is 5. The Kier molecular flexibility index (Phi) is 5.58. The zero-order valence-electron chi connectivity index (χ0n) is 13.1. The predicted molar refractivity (Wildman–Crippen MR) is 84.0 cm³/mol. The van der Waals surface area contributed by atoms with E-state index in [2.05, 4.69) is 24.1 Å². The summed E-state index contributed by atoms with van der Waals surface area (Å²) in [6, 6.07) is 0. The number of anilines is 1. The number of thiazole rings is 1. The predicted octanol–water partition coefficient (Wildman–Crippen LogP) is 3.10. The van der Waals surface area contributed by atoms with E-state index in [1.807, 2.05) is 6.92 Å². The smallest absolute Gasteiger partial charge is 0.357 e. The molecule has 2 heterocycles. The van der Waals surface area contributed by atoms with Crippen molar-refractivity contribution in [3.63, 3.8) is 0 Å². The van der Waals surface area contributed by atoms with Gasteiger partial charge < -0.3 is 14.8 Å². The van der Waals surface area contributed by atoms with Crippen molar-refractivity contribution in [1.82, 2.24) is 4.98 Å². The van der Waals surface area contributed by atoms with E-state index in [1.54, 1.807) is 0 Å². The van der Waals surface area contributed by atoms with Crippen molar-refractivity contribution in [1.29, 1.82) is 0 Å². The molecule has 118 valence electrons. The normalized spacial score (nSPS) is 22.3. The molecular formula is C15H24N2O3S. The van der Waals surface area contributed by atoms with Crippen LogP contribution >= 0.6 is 11.3 Å². The van der Waals surface area contributed by atoms with Gasteiger partial charge in [-0.15, -0.1) is 11.3 Å². The number of nitrogens with one attached hydrogen (secondary N) is 1. The highest BCUT2D eigenvalue weighted by Crippen LogP contribution is 2.28. The lowest BCUT2D eigenvalue weighted by molar-refractivity contribution is -0.0480. The molecular weight excluding hydrogens is 288 g/mol. The van der Waals surface area contributed by atoms with Gasteiger partial charge in [-0.1, -0.05) is 13.8 Å². The summed E-state index contributed by atoms with van der Waals surface area (Å²) < 4.78 is 10.6. The largest absolute Gasteiger partial charge is 0.464 e. The van der Waals surface area contributed by atoms with Crippen LogP contribution in [0.5, 0.6) is 0 Å². The molecule has 5 nitrogen and oxygen atoms in total. The van der Waals surface area contributed by atoms with Crippen molar-refractivity contribution < 1.29 is 14.3 Å². The van der Waals surface area contributed by atoms with Gasteiger partial charge in [0.25, 0.3) is 0 Å². The minimum absolute atomic E-state index is 0.299. The lowest BCUT2D eigenvalue weighted by atomic mass is 9.87. The van der Waals surface area contributed by atoms with E-state index in [9.17, 15) is 4.79 Å². The van der Waals surface area contributed by atoms with Crippen LogP contribution in [0, 0.1) is 18.8 Å². The number of hydrogen-bond acceptors (Lipinski definition) is 6. The van der Waals surface area contributed by atoms with Crippen LogP contribution in [0.2, 0.25) is 0 Å². The molecule has 0 amide bonds. The van der Waals surface area contributed by atoms with Crippen LogP contribution < -0.4 is 5.32 Å². The topological polar surface area (TPSA) is 60.5 Å². The summed E-state index contributed by atoms with van der Waals surface area (Å²) in [5.41, 5.74) is 0.408. The summed E-state index contributed by atoms with van der Waals surface area (Å²) in [4.78, 5) is 16.8. The van der Waals surface area contributed by atoms with E-state index < -0.39 is 0 Å². The lowest BCUT2D eigenvalue weighted by Gasteiger charge is -2.34. The van der Waals surface area contributed by atoms with Gasteiger partial charge >= 0.3 is 5.97 Å². The minimum Gasteiger partial charge on any atom is -0.464 e. The Morgan fingerprint density at radius 3 is 3.00 bits per heavy atom. The zero-order valence-corrected chi connectivity index (χ0v) is 14.0. The van der Waals surface area contributed by atoms with Gasteiger partial charge in [0.15, 0.2) is 10.8 Å². The highest BCUT2D eigenvalue weighted by molar-refractivity contribution is 7.15. The maximum absolute atomic E-state index is 11.6. The number of nitrogens with zero attached hydrogens (tertiary/aromatic N) is 1. The molecule has 0 saturated carbocycles. The first-order valence-electron chi connectivity index (χ1n) is 7.44.